The number of carbonyl (C=O) groups excluding carboxylic acids is 1. The summed E-state index contributed by atoms with van der Waals surface area (Å²) in [5.41, 5.74) is 1.76. The van der Waals surface area contributed by atoms with E-state index in [-0.39, 0.29) is 11.9 Å². The predicted molar refractivity (Wildman–Crippen MR) is 86.8 cm³/mol. The average Bonchev–Trinajstić information content (AvgIpc) is 2.95. The number of amides is 1. The summed E-state index contributed by atoms with van der Waals surface area (Å²) >= 11 is 0. The van der Waals surface area contributed by atoms with Gasteiger partial charge in [0, 0.05) is 25.7 Å². The van der Waals surface area contributed by atoms with Crippen LogP contribution in [0.3, 0.4) is 0 Å². The SMILES string of the molecule is CC(C)=CCN1CCC(n2cc(C(=O)NC(C)C)nn2)CC1. The fourth-order valence-electron chi connectivity index (χ4n) is 2.57. The molecule has 0 bridgehead atoms. The molecule has 122 valence electrons. The van der Waals surface area contributed by atoms with Gasteiger partial charge in [-0.15, -0.1) is 5.10 Å². The quantitative estimate of drug-likeness (QED) is 0.845. The van der Waals surface area contributed by atoms with E-state index in [1.165, 1.54) is 5.57 Å². The van der Waals surface area contributed by atoms with Crippen molar-refractivity contribution in [2.45, 2.75) is 52.6 Å². The number of carbonyl (C=O) groups is 1. The molecule has 1 amide bonds. The van der Waals surface area contributed by atoms with Crippen molar-refractivity contribution in [3.05, 3.63) is 23.5 Å². The van der Waals surface area contributed by atoms with Gasteiger partial charge in [0.05, 0.1) is 12.2 Å². The lowest BCUT2D eigenvalue weighted by molar-refractivity contribution is 0.0938. The molecule has 0 radical (unpaired) electrons. The third kappa shape index (κ3) is 4.66. The Morgan fingerprint density at radius 2 is 2.09 bits per heavy atom. The van der Waals surface area contributed by atoms with Gasteiger partial charge in [-0.25, -0.2) is 4.68 Å². The summed E-state index contributed by atoms with van der Waals surface area (Å²) in [4.78, 5) is 14.4. The van der Waals surface area contributed by atoms with Gasteiger partial charge < -0.3 is 5.32 Å². The van der Waals surface area contributed by atoms with E-state index in [0.29, 0.717) is 11.7 Å². The Morgan fingerprint density at radius 3 is 2.68 bits per heavy atom. The maximum absolute atomic E-state index is 11.9. The first kappa shape index (κ1) is 16.7. The van der Waals surface area contributed by atoms with Crippen LogP contribution >= 0.6 is 0 Å². The van der Waals surface area contributed by atoms with E-state index in [2.05, 4.69) is 40.5 Å². The van der Waals surface area contributed by atoms with Crippen LogP contribution in [-0.4, -0.2) is 51.5 Å². The summed E-state index contributed by atoms with van der Waals surface area (Å²) < 4.78 is 1.85. The van der Waals surface area contributed by atoms with Crippen molar-refractivity contribution in [2.75, 3.05) is 19.6 Å². The number of likely N-dealkylation sites (tertiary alicyclic amines) is 1. The maximum Gasteiger partial charge on any atom is 0.273 e. The summed E-state index contributed by atoms with van der Waals surface area (Å²) in [7, 11) is 0. The van der Waals surface area contributed by atoms with E-state index in [1.807, 2.05) is 18.5 Å². The molecule has 1 aromatic heterocycles. The zero-order valence-corrected chi connectivity index (χ0v) is 14.0. The smallest absolute Gasteiger partial charge is 0.273 e. The van der Waals surface area contributed by atoms with Gasteiger partial charge in [0.15, 0.2) is 5.69 Å². The molecule has 1 saturated heterocycles. The second-order valence-electron chi connectivity index (χ2n) is 6.53. The van der Waals surface area contributed by atoms with Gasteiger partial charge in [-0.1, -0.05) is 16.9 Å². The largest absolute Gasteiger partial charge is 0.348 e. The average molecular weight is 305 g/mol. The lowest BCUT2D eigenvalue weighted by Gasteiger charge is -2.31. The zero-order valence-electron chi connectivity index (χ0n) is 14.0. The topological polar surface area (TPSA) is 63.1 Å². The van der Waals surface area contributed by atoms with Crippen molar-refractivity contribution in [1.82, 2.24) is 25.2 Å². The first-order valence-electron chi connectivity index (χ1n) is 8.04. The third-order valence-electron chi connectivity index (χ3n) is 3.85. The molecule has 2 rings (SSSR count). The number of nitrogens with zero attached hydrogens (tertiary/aromatic N) is 4. The summed E-state index contributed by atoms with van der Waals surface area (Å²) in [6, 6.07) is 0.451. The Labute approximate surface area is 132 Å². The molecule has 0 spiro atoms. The monoisotopic (exact) mass is 305 g/mol. The molecule has 1 aromatic rings. The fourth-order valence-corrected chi connectivity index (χ4v) is 2.57. The van der Waals surface area contributed by atoms with Crippen LogP contribution in [0.4, 0.5) is 0 Å². The molecule has 1 fully saturated rings. The minimum atomic E-state index is -0.151. The number of allylic oxidation sites excluding steroid dienone is 1. The highest BCUT2D eigenvalue weighted by Crippen LogP contribution is 2.21. The Kier molecular flexibility index (Phi) is 5.71. The molecular weight excluding hydrogens is 278 g/mol. The highest BCUT2D eigenvalue weighted by molar-refractivity contribution is 5.91. The molecule has 22 heavy (non-hydrogen) atoms. The van der Waals surface area contributed by atoms with Crippen LogP contribution in [0.2, 0.25) is 0 Å². The molecule has 1 N–H and O–H groups in total. The lowest BCUT2D eigenvalue weighted by atomic mass is 10.1. The van der Waals surface area contributed by atoms with Crippen molar-refractivity contribution in [2.24, 2.45) is 0 Å². The number of piperidine rings is 1. The molecule has 0 saturated carbocycles. The van der Waals surface area contributed by atoms with Crippen LogP contribution in [0, 0.1) is 0 Å². The van der Waals surface area contributed by atoms with E-state index >= 15 is 0 Å². The number of rotatable bonds is 5. The standard InChI is InChI=1S/C16H27N5O/c1-12(2)5-8-20-9-6-14(7-10-20)21-11-15(18-19-21)16(22)17-13(3)4/h5,11,13-14H,6-10H2,1-4H3,(H,17,22). The number of nitrogens with one attached hydrogen (secondary N) is 1. The van der Waals surface area contributed by atoms with Crippen LogP contribution in [0.15, 0.2) is 17.8 Å². The van der Waals surface area contributed by atoms with E-state index in [1.54, 1.807) is 6.20 Å². The van der Waals surface area contributed by atoms with Crippen LogP contribution in [0.1, 0.15) is 57.1 Å². The van der Waals surface area contributed by atoms with Crippen molar-refractivity contribution >= 4 is 5.91 Å². The summed E-state index contributed by atoms with van der Waals surface area (Å²) in [5, 5.41) is 11.0. The molecule has 0 unspecified atom stereocenters. The van der Waals surface area contributed by atoms with Crippen molar-refractivity contribution in [3.63, 3.8) is 0 Å². The maximum atomic E-state index is 11.9. The summed E-state index contributed by atoms with van der Waals surface area (Å²) in [6.07, 6.45) is 6.13. The molecule has 0 aromatic carbocycles. The van der Waals surface area contributed by atoms with Crippen molar-refractivity contribution in [1.29, 1.82) is 0 Å². The fraction of sp³-hybridized carbons (Fsp3) is 0.688. The molecule has 0 aliphatic carbocycles. The van der Waals surface area contributed by atoms with Crippen LogP contribution < -0.4 is 5.32 Å². The highest BCUT2D eigenvalue weighted by Gasteiger charge is 2.22. The van der Waals surface area contributed by atoms with Crippen LogP contribution in [0.5, 0.6) is 0 Å². The van der Waals surface area contributed by atoms with Crippen LogP contribution in [0.25, 0.3) is 0 Å². The van der Waals surface area contributed by atoms with E-state index in [4.69, 9.17) is 0 Å². The number of hydrogen-bond donors (Lipinski definition) is 1. The number of hydrogen-bond acceptors (Lipinski definition) is 4. The lowest BCUT2D eigenvalue weighted by Crippen LogP contribution is -2.35. The Morgan fingerprint density at radius 1 is 1.41 bits per heavy atom. The van der Waals surface area contributed by atoms with E-state index in [0.717, 1.165) is 32.5 Å². The first-order valence-corrected chi connectivity index (χ1v) is 8.04. The molecule has 0 atom stereocenters. The van der Waals surface area contributed by atoms with Crippen LogP contribution in [-0.2, 0) is 0 Å². The summed E-state index contributed by atoms with van der Waals surface area (Å²) in [5.74, 6) is -0.151. The minimum Gasteiger partial charge on any atom is -0.348 e. The zero-order chi connectivity index (χ0) is 16.1. The van der Waals surface area contributed by atoms with Gasteiger partial charge in [0.2, 0.25) is 0 Å². The number of aromatic nitrogens is 3. The van der Waals surface area contributed by atoms with Gasteiger partial charge >= 0.3 is 0 Å². The molecule has 1 aliphatic rings. The molecule has 1 aliphatic heterocycles. The molecular formula is C16H27N5O. The minimum absolute atomic E-state index is 0.107. The molecule has 6 heteroatoms. The van der Waals surface area contributed by atoms with Gasteiger partial charge in [-0.3, -0.25) is 9.69 Å². The summed E-state index contributed by atoms with van der Waals surface area (Å²) in [6.45, 7) is 11.3. The van der Waals surface area contributed by atoms with Crippen molar-refractivity contribution in [3.8, 4) is 0 Å². The predicted octanol–water partition coefficient (Wildman–Crippen LogP) is 2.02. The van der Waals surface area contributed by atoms with E-state index < -0.39 is 0 Å². The van der Waals surface area contributed by atoms with Gasteiger partial charge in [0.25, 0.3) is 5.91 Å². The highest BCUT2D eigenvalue weighted by atomic mass is 16.2. The third-order valence-corrected chi connectivity index (χ3v) is 3.85. The first-order chi connectivity index (χ1) is 10.5. The second kappa shape index (κ2) is 7.54. The van der Waals surface area contributed by atoms with Gasteiger partial charge in [-0.05, 0) is 40.5 Å². The Balaban J connectivity index is 1.88. The van der Waals surface area contributed by atoms with Crippen molar-refractivity contribution < 1.29 is 4.79 Å². The second-order valence-corrected chi connectivity index (χ2v) is 6.53. The normalized spacial score (nSPS) is 16.8. The van der Waals surface area contributed by atoms with Gasteiger partial charge in [-0.2, -0.15) is 0 Å². The Hall–Kier alpha value is -1.69. The Bertz CT molecular complexity index is 522. The molecule has 2 heterocycles. The molecule has 6 nitrogen and oxygen atoms in total. The van der Waals surface area contributed by atoms with Gasteiger partial charge in [0.1, 0.15) is 0 Å². The van der Waals surface area contributed by atoms with E-state index in [9.17, 15) is 4.79 Å².